The van der Waals surface area contributed by atoms with E-state index in [9.17, 15) is 4.79 Å². The molecule has 0 unspecified atom stereocenters. The molecule has 1 aromatic heterocycles. The van der Waals surface area contributed by atoms with E-state index in [0.717, 1.165) is 23.4 Å². The number of rotatable bonds is 18. The molecule has 11 nitrogen and oxygen atoms in total. The average Bonchev–Trinajstić information content (AvgIpc) is 3.02. The zero-order chi connectivity index (χ0) is 30.1. The summed E-state index contributed by atoms with van der Waals surface area (Å²) in [4.78, 5) is 26.2. The SMILES string of the molecule is Cc1ccc(CNc2nc(NCC3CCCCC3)nc(Nc3ccc(CC(=O)NCCOCCOCCN)cc3)n2)cc1. The summed E-state index contributed by atoms with van der Waals surface area (Å²) in [6.45, 7) is 6.43. The van der Waals surface area contributed by atoms with E-state index in [1.807, 2.05) is 24.3 Å². The van der Waals surface area contributed by atoms with Crippen molar-refractivity contribution in [2.75, 3.05) is 62.0 Å². The molecule has 1 saturated carbocycles. The summed E-state index contributed by atoms with van der Waals surface area (Å²) in [6.07, 6.45) is 6.67. The van der Waals surface area contributed by atoms with Gasteiger partial charge in [0.2, 0.25) is 23.8 Å². The number of hydrogen-bond acceptors (Lipinski definition) is 10. The molecule has 11 heteroatoms. The van der Waals surface area contributed by atoms with Crippen LogP contribution >= 0.6 is 0 Å². The first-order valence-electron chi connectivity index (χ1n) is 15.3. The van der Waals surface area contributed by atoms with Crippen molar-refractivity contribution in [1.82, 2.24) is 20.3 Å². The Kier molecular flexibility index (Phi) is 13.4. The smallest absolute Gasteiger partial charge is 0.233 e. The number of nitrogens with zero attached hydrogens (tertiary/aromatic N) is 3. The third-order valence-electron chi connectivity index (χ3n) is 7.26. The number of ether oxygens (including phenoxy) is 2. The van der Waals surface area contributed by atoms with Gasteiger partial charge >= 0.3 is 0 Å². The van der Waals surface area contributed by atoms with Gasteiger partial charge in [0.15, 0.2) is 0 Å². The summed E-state index contributed by atoms with van der Waals surface area (Å²) in [5, 5.41) is 13.0. The molecule has 3 aromatic rings. The Bertz CT molecular complexity index is 1230. The number of aryl methyl sites for hydroxylation is 1. The molecule has 0 atom stereocenters. The predicted molar refractivity (Wildman–Crippen MR) is 171 cm³/mol. The van der Waals surface area contributed by atoms with Crippen molar-refractivity contribution in [2.24, 2.45) is 11.7 Å². The van der Waals surface area contributed by atoms with Gasteiger partial charge in [-0.25, -0.2) is 0 Å². The second-order valence-corrected chi connectivity index (χ2v) is 10.9. The van der Waals surface area contributed by atoms with Crippen LogP contribution in [0.2, 0.25) is 0 Å². The van der Waals surface area contributed by atoms with Gasteiger partial charge in [-0.15, -0.1) is 0 Å². The maximum Gasteiger partial charge on any atom is 0.233 e. The Labute approximate surface area is 254 Å². The molecular formula is C32H46N8O3. The molecule has 0 aliphatic heterocycles. The fraction of sp³-hybridized carbons (Fsp3) is 0.500. The second-order valence-electron chi connectivity index (χ2n) is 10.9. The second kappa shape index (κ2) is 18.0. The molecule has 1 amide bonds. The van der Waals surface area contributed by atoms with E-state index >= 15 is 0 Å². The number of hydrogen-bond donors (Lipinski definition) is 5. The minimum Gasteiger partial charge on any atom is -0.378 e. The maximum atomic E-state index is 12.3. The van der Waals surface area contributed by atoms with Crippen LogP contribution in [0.25, 0.3) is 0 Å². The number of carbonyl (C=O) groups is 1. The topological polar surface area (TPSA) is 148 Å². The van der Waals surface area contributed by atoms with Crippen LogP contribution in [-0.4, -0.2) is 66.9 Å². The van der Waals surface area contributed by atoms with Crippen LogP contribution in [-0.2, 0) is 27.2 Å². The van der Waals surface area contributed by atoms with Crippen LogP contribution in [0.5, 0.6) is 0 Å². The molecule has 1 aliphatic carbocycles. The first kappa shape index (κ1) is 32.1. The zero-order valence-electron chi connectivity index (χ0n) is 25.2. The summed E-state index contributed by atoms with van der Waals surface area (Å²) < 4.78 is 10.7. The first-order chi connectivity index (χ1) is 21.1. The molecule has 43 heavy (non-hydrogen) atoms. The van der Waals surface area contributed by atoms with E-state index in [4.69, 9.17) is 15.2 Å². The molecule has 2 aromatic carbocycles. The van der Waals surface area contributed by atoms with Crippen LogP contribution in [0.3, 0.4) is 0 Å². The lowest BCUT2D eigenvalue weighted by molar-refractivity contribution is -0.120. The van der Waals surface area contributed by atoms with Crippen molar-refractivity contribution in [3.63, 3.8) is 0 Å². The lowest BCUT2D eigenvalue weighted by Crippen LogP contribution is -2.29. The highest BCUT2D eigenvalue weighted by Gasteiger charge is 2.15. The van der Waals surface area contributed by atoms with Gasteiger partial charge in [-0.3, -0.25) is 4.79 Å². The number of aromatic nitrogens is 3. The standard InChI is InChI=1S/C32H46N8O3/c1-24-7-9-27(10-8-24)23-36-31-38-30(35-22-26-5-3-2-4-6-26)39-32(40-31)37-28-13-11-25(12-14-28)21-29(41)34-16-18-43-20-19-42-17-15-33/h7-14,26H,2-6,15-23,33H2,1H3,(H,34,41)(H3,35,36,37,38,39,40). The number of carbonyl (C=O) groups excluding carboxylic acids is 1. The molecule has 232 valence electrons. The molecule has 6 N–H and O–H groups in total. The first-order valence-corrected chi connectivity index (χ1v) is 15.3. The zero-order valence-corrected chi connectivity index (χ0v) is 25.2. The van der Waals surface area contributed by atoms with Crippen molar-refractivity contribution < 1.29 is 14.3 Å². The van der Waals surface area contributed by atoms with Gasteiger partial charge in [-0.1, -0.05) is 61.2 Å². The van der Waals surface area contributed by atoms with E-state index in [1.165, 1.54) is 37.7 Å². The summed E-state index contributed by atoms with van der Waals surface area (Å²) in [7, 11) is 0. The van der Waals surface area contributed by atoms with E-state index < -0.39 is 0 Å². The normalized spacial score (nSPS) is 13.4. The summed E-state index contributed by atoms with van der Waals surface area (Å²) in [6, 6.07) is 16.1. The molecule has 1 heterocycles. The molecule has 1 aliphatic rings. The Morgan fingerprint density at radius 2 is 1.47 bits per heavy atom. The monoisotopic (exact) mass is 590 g/mol. The molecule has 4 rings (SSSR count). The Balaban J connectivity index is 1.30. The van der Waals surface area contributed by atoms with Gasteiger partial charge in [0.05, 0.1) is 32.8 Å². The highest BCUT2D eigenvalue weighted by Crippen LogP contribution is 2.24. The predicted octanol–water partition coefficient (Wildman–Crippen LogP) is 4.18. The van der Waals surface area contributed by atoms with Crippen molar-refractivity contribution >= 4 is 29.4 Å². The van der Waals surface area contributed by atoms with Gasteiger partial charge in [0.1, 0.15) is 0 Å². The highest BCUT2D eigenvalue weighted by atomic mass is 16.5. The van der Waals surface area contributed by atoms with Gasteiger partial charge in [0.25, 0.3) is 0 Å². The fourth-order valence-corrected chi connectivity index (χ4v) is 4.85. The molecular weight excluding hydrogens is 544 g/mol. The van der Waals surface area contributed by atoms with Gasteiger partial charge in [-0.2, -0.15) is 15.0 Å². The van der Waals surface area contributed by atoms with Crippen LogP contribution in [0.4, 0.5) is 23.5 Å². The Morgan fingerprint density at radius 3 is 2.19 bits per heavy atom. The minimum atomic E-state index is -0.0564. The summed E-state index contributed by atoms with van der Waals surface area (Å²) in [5.41, 5.74) is 9.48. The Hall–Kier alpha value is -3.80. The number of nitrogens with two attached hydrogens (primary N) is 1. The number of nitrogens with one attached hydrogen (secondary N) is 4. The lowest BCUT2D eigenvalue weighted by atomic mass is 9.89. The van der Waals surface area contributed by atoms with Crippen molar-refractivity contribution in [2.45, 2.75) is 52.0 Å². The van der Waals surface area contributed by atoms with E-state index in [0.29, 0.717) is 69.8 Å². The van der Waals surface area contributed by atoms with Gasteiger partial charge in [-0.05, 0) is 48.9 Å². The molecule has 0 radical (unpaired) electrons. The van der Waals surface area contributed by atoms with Crippen molar-refractivity contribution in [3.05, 3.63) is 65.2 Å². The molecule has 0 bridgehead atoms. The summed E-state index contributed by atoms with van der Waals surface area (Å²) >= 11 is 0. The van der Waals surface area contributed by atoms with Gasteiger partial charge < -0.3 is 36.5 Å². The number of anilines is 4. The van der Waals surface area contributed by atoms with Crippen molar-refractivity contribution in [3.8, 4) is 0 Å². The van der Waals surface area contributed by atoms with E-state index in [-0.39, 0.29) is 12.3 Å². The van der Waals surface area contributed by atoms with E-state index in [1.54, 1.807) is 0 Å². The van der Waals surface area contributed by atoms with Gasteiger partial charge in [0, 0.05) is 31.9 Å². The van der Waals surface area contributed by atoms with E-state index in [2.05, 4.69) is 67.4 Å². The molecule has 0 saturated heterocycles. The van der Waals surface area contributed by atoms with Crippen molar-refractivity contribution in [1.29, 1.82) is 0 Å². The maximum absolute atomic E-state index is 12.3. The highest BCUT2D eigenvalue weighted by molar-refractivity contribution is 5.78. The number of benzene rings is 2. The largest absolute Gasteiger partial charge is 0.378 e. The molecule has 1 fully saturated rings. The number of amides is 1. The Morgan fingerprint density at radius 1 is 0.814 bits per heavy atom. The van der Waals surface area contributed by atoms with Crippen LogP contribution in [0.15, 0.2) is 48.5 Å². The van der Waals surface area contributed by atoms with Crippen LogP contribution < -0.4 is 27.0 Å². The van der Waals surface area contributed by atoms with Crippen LogP contribution in [0, 0.1) is 12.8 Å². The fourth-order valence-electron chi connectivity index (χ4n) is 4.85. The third kappa shape index (κ3) is 12.1. The average molecular weight is 591 g/mol. The summed E-state index contributed by atoms with van der Waals surface area (Å²) in [5.74, 6) is 2.09. The molecule has 0 spiro atoms. The quantitative estimate of drug-likeness (QED) is 0.137. The lowest BCUT2D eigenvalue weighted by Gasteiger charge is -2.21. The third-order valence-corrected chi connectivity index (χ3v) is 7.26. The minimum absolute atomic E-state index is 0.0564. The van der Waals surface area contributed by atoms with Crippen LogP contribution in [0.1, 0.15) is 48.8 Å².